The van der Waals surface area contributed by atoms with Crippen molar-refractivity contribution in [2.45, 2.75) is 71.1 Å². The van der Waals surface area contributed by atoms with Crippen LogP contribution < -0.4 is 0 Å². The fraction of sp³-hybridized carbons (Fsp3) is 0.500. The lowest BCUT2D eigenvalue weighted by Gasteiger charge is -2.12. The third-order valence-corrected chi connectivity index (χ3v) is 5.59. The molecule has 1 aliphatic carbocycles. The maximum Gasteiger partial charge on any atom is 0.0540 e. The van der Waals surface area contributed by atoms with Crippen LogP contribution >= 0.6 is 0 Å². The number of hydrogen-bond acceptors (Lipinski definition) is 1. The Bertz CT molecular complexity index is 642. The van der Waals surface area contributed by atoms with Crippen LogP contribution in [-0.4, -0.2) is 11.7 Å². The van der Waals surface area contributed by atoms with E-state index in [1.807, 2.05) is 0 Å². The first-order chi connectivity index (χ1) is 12.3. The predicted molar refractivity (Wildman–Crippen MR) is 107 cm³/mol. The van der Waals surface area contributed by atoms with Gasteiger partial charge in [-0.15, -0.1) is 0 Å². The molecule has 2 aromatic carbocycles. The first-order valence-corrected chi connectivity index (χ1v) is 10.1. The van der Waals surface area contributed by atoms with Crippen LogP contribution in [0.2, 0.25) is 0 Å². The van der Waals surface area contributed by atoms with Gasteiger partial charge < -0.3 is 5.11 Å². The highest BCUT2D eigenvalue weighted by Crippen LogP contribution is 2.45. The first-order valence-electron chi connectivity index (χ1n) is 10.1. The number of rotatable bonds is 9. The van der Waals surface area contributed by atoms with E-state index in [4.69, 9.17) is 0 Å². The molecule has 1 N–H and O–H groups in total. The lowest BCUT2D eigenvalue weighted by molar-refractivity contribution is 0.282. The van der Waals surface area contributed by atoms with Crippen molar-refractivity contribution in [2.24, 2.45) is 0 Å². The molecular formula is C24H32O. The van der Waals surface area contributed by atoms with Gasteiger partial charge in [-0.2, -0.15) is 0 Å². The highest BCUT2D eigenvalue weighted by atomic mass is 16.3. The van der Waals surface area contributed by atoms with Crippen molar-refractivity contribution < 1.29 is 5.11 Å². The number of aliphatic hydroxyl groups excluding tert-OH is 1. The molecule has 0 fully saturated rings. The normalized spacial score (nSPS) is 13.1. The van der Waals surface area contributed by atoms with E-state index in [1.54, 1.807) is 0 Å². The Morgan fingerprint density at radius 3 is 1.60 bits per heavy atom. The van der Waals surface area contributed by atoms with E-state index >= 15 is 0 Å². The number of fused-ring (bicyclic) bond motifs is 3. The van der Waals surface area contributed by atoms with Gasteiger partial charge in [0.05, 0.1) is 6.61 Å². The van der Waals surface area contributed by atoms with E-state index < -0.39 is 0 Å². The Balaban J connectivity index is 1.84. The average molecular weight is 337 g/mol. The van der Waals surface area contributed by atoms with Gasteiger partial charge in [0.2, 0.25) is 0 Å². The van der Waals surface area contributed by atoms with Crippen LogP contribution in [0.3, 0.4) is 0 Å². The highest BCUT2D eigenvalue weighted by molar-refractivity contribution is 5.79. The Labute approximate surface area is 153 Å². The highest BCUT2D eigenvalue weighted by Gasteiger charge is 2.28. The molecule has 0 atom stereocenters. The lowest BCUT2D eigenvalue weighted by atomic mass is 9.94. The number of unbranched alkanes of at least 4 members (excludes halogenated alkanes) is 4. The summed E-state index contributed by atoms with van der Waals surface area (Å²) in [5, 5.41) is 10.1. The van der Waals surface area contributed by atoms with Gasteiger partial charge in [0.25, 0.3) is 0 Å². The van der Waals surface area contributed by atoms with Crippen molar-refractivity contribution >= 4 is 0 Å². The van der Waals surface area contributed by atoms with Gasteiger partial charge in [-0.3, -0.25) is 0 Å². The molecule has 0 bridgehead atoms. The molecule has 0 aliphatic heterocycles. The second kappa shape index (κ2) is 8.67. The summed E-state index contributed by atoms with van der Waals surface area (Å²) >= 11 is 0. The molecule has 0 unspecified atom stereocenters. The fourth-order valence-electron chi connectivity index (χ4n) is 4.13. The summed E-state index contributed by atoms with van der Waals surface area (Å²) in [4.78, 5) is 0. The monoisotopic (exact) mass is 336 g/mol. The van der Waals surface area contributed by atoms with E-state index in [0.29, 0.717) is 0 Å². The molecule has 0 radical (unpaired) electrons. The maximum atomic E-state index is 10.1. The minimum atomic E-state index is 0.155. The molecule has 0 amide bonds. The van der Waals surface area contributed by atoms with E-state index in [-0.39, 0.29) is 12.5 Å². The molecular weight excluding hydrogens is 304 g/mol. The summed E-state index contributed by atoms with van der Waals surface area (Å²) in [5.74, 6) is 0.155. The predicted octanol–water partition coefficient (Wildman–Crippen LogP) is 6.26. The zero-order valence-corrected chi connectivity index (χ0v) is 15.9. The van der Waals surface area contributed by atoms with E-state index in [0.717, 1.165) is 12.8 Å². The minimum absolute atomic E-state index is 0.155. The zero-order valence-electron chi connectivity index (χ0n) is 15.9. The summed E-state index contributed by atoms with van der Waals surface area (Å²) in [7, 11) is 0. The summed E-state index contributed by atoms with van der Waals surface area (Å²) in [6.07, 6.45) is 9.92. The molecule has 0 spiro atoms. The molecule has 0 saturated heterocycles. The Hall–Kier alpha value is -1.60. The van der Waals surface area contributed by atoms with Gasteiger partial charge >= 0.3 is 0 Å². The number of hydrogen-bond donors (Lipinski definition) is 1. The SMILES string of the molecule is CCCCCc1ccc2c(c1)C(CO)c1cc(CCCCC)ccc1-2. The topological polar surface area (TPSA) is 20.2 Å². The van der Waals surface area contributed by atoms with Crippen molar-refractivity contribution in [3.8, 4) is 11.1 Å². The third kappa shape index (κ3) is 3.98. The summed E-state index contributed by atoms with van der Waals surface area (Å²) < 4.78 is 0. The van der Waals surface area contributed by atoms with Crippen LogP contribution in [0.5, 0.6) is 0 Å². The van der Waals surface area contributed by atoms with Gasteiger partial charge in [0.15, 0.2) is 0 Å². The largest absolute Gasteiger partial charge is 0.395 e. The second-order valence-corrected chi connectivity index (χ2v) is 7.49. The lowest BCUT2D eigenvalue weighted by Crippen LogP contribution is -2.03. The molecule has 0 heterocycles. The second-order valence-electron chi connectivity index (χ2n) is 7.49. The van der Waals surface area contributed by atoms with Crippen LogP contribution in [-0.2, 0) is 12.8 Å². The number of aryl methyl sites for hydroxylation is 2. The Morgan fingerprint density at radius 1 is 0.720 bits per heavy atom. The van der Waals surface area contributed by atoms with Crippen molar-refractivity contribution in [3.05, 3.63) is 58.7 Å². The molecule has 134 valence electrons. The zero-order chi connectivity index (χ0) is 17.6. The Morgan fingerprint density at radius 2 is 1.20 bits per heavy atom. The van der Waals surface area contributed by atoms with Crippen LogP contribution in [0.1, 0.15) is 80.5 Å². The smallest absolute Gasteiger partial charge is 0.0540 e. The molecule has 2 aromatic rings. The summed E-state index contributed by atoms with van der Waals surface area (Å²) in [6, 6.07) is 13.8. The van der Waals surface area contributed by atoms with Crippen LogP contribution in [0.25, 0.3) is 11.1 Å². The Kier molecular flexibility index (Phi) is 6.31. The van der Waals surface area contributed by atoms with Gasteiger partial charge in [-0.1, -0.05) is 75.9 Å². The molecule has 1 aliphatic rings. The van der Waals surface area contributed by atoms with Crippen molar-refractivity contribution in [3.63, 3.8) is 0 Å². The standard InChI is InChI=1S/C24H32O/c1-3-5-7-9-18-11-13-20-21-14-12-19(10-8-6-4-2)16-23(21)24(17-25)22(20)15-18/h11-16,24-25H,3-10,17H2,1-2H3. The number of aliphatic hydroxyl groups is 1. The molecule has 0 aromatic heterocycles. The van der Waals surface area contributed by atoms with Crippen molar-refractivity contribution in [2.75, 3.05) is 6.61 Å². The van der Waals surface area contributed by atoms with Crippen molar-refractivity contribution in [1.29, 1.82) is 0 Å². The summed E-state index contributed by atoms with van der Waals surface area (Å²) in [5.41, 5.74) is 8.15. The van der Waals surface area contributed by atoms with Gasteiger partial charge in [0, 0.05) is 5.92 Å². The quantitative estimate of drug-likeness (QED) is 0.536. The summed E-state index contributed by atoms with van der Waals surface area (Å²) in [6.45, 7) is 4.70. The van der Waals surface area contributed by atoms with E-state index in [9.17, 15) is 5.11 Å². The first kappa shape index (κ1) is 18.2. The maximum absolute atomic E-state index is 10.1. The van der Waals surface area contributed by atoms with Crippen LogP contribution in [0.4, 0.5) is 0 Å². The van der Waals surface area contributed by atoms with Gasteiger partial charge in [-0.25, -0.2) is 0 Å². The third-order valence-electron chi connectivity index (χ3n) is 5.59. The number of benzene rings is 2. The average Bonchev–Trinajstić information content (AvgIpc) is 2.94. The molecule has 3 rings (SSSR count). The minimum Gasteiger partial charge on any atom is -0.395 e. The van der Waals surface area contributed by atoms with E-state index in [2.05, 4.69) is 50.2 Å². The molecule has 1 heteroatoms. The van der Waals surface area contributed by atoms with Gasteiger partial charge in [0.1, 0.15) is 0 Å². The van der Waals surface area contributed by atoms with Gasteiger partial charge in [-0.05, 0) is 59.1 Å². The van der Waals surface area contributed by atoms with Crippen molar-refractivity contribution in [1.82, 2.24) is 0 Å². The fourth-order valence-corrected chi connectivity index (χ4v) is 4.13. The molecule has 0 saturated carbocycles. The molecule has 1 nitrogen and oxygen atoms in total. The van der Waals surface area contributed by atoms with Crippen LogP contribution in [0.15, 0.2) is 36.4 Å². The van der Waals surface area contributed by atoms with E-state index in [1.165, 1.54) is 71.9 Å². The molecule has 25 heavy (non-hydrogen) atoms. The van der Waals surface area contributed by atoms with Crippen LogP contribution in [0, 0.1) is 0 Å².